The Morgan fingerprint density at radius 2 is 2.00 bits per heavy atom. The first-order chi connectivity index (χ1) is 12.6. The number of morpholine rings is 1. The van der Waals surface area contributed by atoms with Crippen LogP contribution in [0.5, 0.6) is 0 Å². The molecule has 3 aromatic rings. The zero-order valence-corrected chi connectivity index (χ0v) is 14.8. The molecule has 1 aliphatic heterocycles. The quantitative estimate of drug-likeness (QED) is 0.752. The van der Waals surface area contributed by atoms with Crippen molar-refractivity contribution in [2.45, 2.75) is 6.54 Å². The number of carbonyl (C=O) groups is 1. The van der Waals surface area contributed by atoms with Gasteiger partial charge in [-0.1, -0.05) is 6.07 Å². The summed E-state index contributed by atoms with van der Waals surface area (Å²) in [5.41, 5.74) is -0.0126. The van der Waals surface area contributed by atoms with Crippen LogP contribution in [0.3, 0.4) is 0 Å². The molecule has 1 aliphatic rings. The lowest BCUT2D eigenvalue weighted by Crippen LogP contribution is -2.40. The van der Waals surface area contributed by atoms with Gasteiger partial charge in [-0.2, -0.15) is 0 Å². The summed E-state index contributed by atoms with van der Waals surface area (Å²) in [5.74, 6) is -0.126. The maximum Gasteiger partial charge on any atom is 0.329 e. The summed E-state index contributed by atoms with van der Waals surface area (Å²) >= 11 is 1.49. The highest BCUT2D eigenvalue weighted by Crippen LogP contribution is 2.14. The van der Waals surface area contributed by atoms with Gasteiger partial charge < -0.3 is 14.6 Å². The largest absolute Gasteiger partial charge is 0.378 e. The average Bonchev–Trinajstić information content (AvgIpc) is 3.18. The highest BCUT2D eigenvalue weighted by Gasteiger charge is 2.19. The van der Waals surface area contributed by atoms with E-state index in [9.17, 15) is 14.4 Å². The molecule has 1 amide bonds. The number of aromatic nitrogens is 2. The Morgan fingerprint density at radius 1 is 1.19 bits per heavy atom. The highest BCUT2D eigenvalue weighted by molar-refractivity contribution is 7.09. The second kappa shape index (κ2) is 6.89. The zero-order valence-electron chi connectivity index (χ0n) is 13.9. The maximum atomic E-state index is 12.7. The monoisotopic (exact) mass is 371 g/mol. The van der Waals surface area contributed by atoms with E-state index in [1.165, 1.54) is 15.9 Å². The number of thiophene rings is 1. The minimum Gasteiger partial charge on any atom is -0.378 e. The van der Waals surface area contributed by atoms with E-state index in [2.05, 4.69) is 4.98 Å². The molecule has 26 heavy (non-hydrogen) atoms. The Morgan fingerprint density at radius 3 is 2.73 bits per heavy atom. The third-order valence-corrected chi connectivity index (χ3v) is 5.28. The van der Waals surface area contributed by atoms with Crippen LogP contribution >= 0.6 is 11.3 Å². The van der Waals surface area contributed by atoms with Gasteiger partial charge in [0.2, 0.25) is 0 Å². The van der Waals surface area contributed by atoms with Crippen LogP contribution in [0.25, 0.3) is 10.9 Å². The Hall–Kier alpha value is -2.71. The number of aromatic amines is 1. The van der Waals surface area contributed by atoms with Crippen LogP contribution in [0.2, 0.25) is 0 Å². The number of H-pyrrole nitrogens is 1. The van der Waals surface area contributed by atoms with Crippen molar-refractivity contribution >= 4 is 28.1 Å². The molecule has 3 heterocycles. The second-order valence-electron chi connectivity index (χ2n) is 6.07. The van der Waals surface area contributed by atoms with Crippen LogP contribution in [-0.4, -0.2) is 46.7 Å². The summed E-state index contributed by atoms with van der Waals surface area (Å²) in [6, 6.07) is 8.57. The van der Waals surface area contributed by atoms with Gasteiger partial charge in [0, 0.05) is 23.5 Å². The molecule has 8 heteroatoms. The fourth-order valence-electron chi connectivity index (χ4n) is 3.04. The van der Waals surface area contributed by atoms with E-state index >= 15 is 0 Å². The Labute approximate surface area is 152 Å². The van der Waals surface area contributed by atoms with Crippen molar-refractivity contribution in [3.05, 3.63) is 67.0 Å². The summed E-state index contributed by atoms with van der Waals surface area (Å²) in [7, 11) is 0. The molecule has 1 aromatic carbocycles. The molecule has 0 bridgehead atoms. The molecule has 4 rings (SSSR count). The Balaban J connectivity index is 1.72. The molecule has 0 aliphatic carbocycles. The van der Waals surface area contributed by atoms with Crippen molar-refractivity contribution in [2.75, 3.05) is 26.3 Å². The van der Waals surface area contributed by atoms with E-state index in [0.717, 1.165) is 4.88 Å². The van der Waals surface area contributed by atoms with E-state index in [-0.39, 0.29) is 18.0 Å². The molecule has 7 nitrogen and oxygen atoms in total. The van der Waals surface area contributed by atoms with Crippen LogP contribution in [0.1, 0.15) is 15.2 Å². The van der Waals surface area contributed by atoms with Crippen molar-refractivity contribution in [1.82, 2.24) is 14.5 Å². The van der Waals surface area contributed by atoms with Crippen molar-refractivity contribution < 1.29 is 9.53 Å². The number of carbonyl (C=O) groups excluding carboxylic acids is 1. The van der Waals surface area contributed by atoms with Crippen LogP contribution in [0, 0.1) is 0 Å². The smallest absolute Gasteiger partial charge is 0.329 e. The SMILES string of the molecule is O=C(c1ccc2c(=O)n(Cc3cccs3)c(=O)[nH]c2c1)N1CCOCC1. The Kier molecular flexibility index (Phi) is 4.44. The molecule has 1 fully saturated rings. The average molecular weight is 371 g/mol. The molecule has 0 spiro atoms. The van der Waals surface area contributed by atoms with Crippen molar-refractivity contribution in [3.8, 4) is 0 Å². The van der Waals surface area contributed by atoms with Gasteiger partial charge >= 0.3 is 5.69 Å². The van der Waals surface area contributed by atoms with Gasteiger partial charge in [0.25, 0.3) is 11.5 Å². The van der Waals surface area contributed by atoms with E-state index in [0.29, 0.717) is 42.8 Å². The number of amides is 1. The van der Waals surface area contributed by atoms with Crippen molar-refractivity contribution in [2.24, 2.45) is 0 Å². The van der Waals surface area contributed by atoms with Gasteiger partial charge in [0.1, 0.15) is 0 Å². The summed E-state index contributed by atoms with van der Waals surface area (Å²) in [4.78, 5) is 43.0. The molecular formula is C18H17N3O4S. The van der Waals surface area contributed by atoms with E-state index in [1.54, 1.807) is 23.1 Å². The molecule has 0 unspecified atom stereocenters. The lowest BCUT2D eigenvalue weighted by Gasteiger charge is -2.26. The number of nitrogens with one attached hydrogen (secondary N) is 1. The zero-order chi connectivity index (χ0) is 18.1. The molecule has 0 atom stereocenters. The Bertz CT molecular complexity index is 1060. The first-order valence-electron chi connectivity index (χ1n) is 8.30. The number of hydrogen-bond donors (Lipinski definition) is 1. The molecule has 1 N–H and O–H groups in total. The van der Waals surface area contributed by atoms with E-state index in [1.807, 2.05) is 17.5 Å². The molecule has 0 radical (unpaired) electrons. The third-order valence-electron chi connectivity index (χ3n) is 4.42. The molecular weight excluding hydrogens is 354 g/mol. The number of hydrogen-bond acceptors (Lipinski definition) is 5. The standard InChI is InChI=1S/C18H17N3O4S/c22-16(20-5-7-25-8-6-20)12-3-4-14-15(10-12)19-18(24)21(17(14)23)11-13-2-1-9-26-13/h1-4,9-10H,5-8,11H2,(H,19,24). The van der Waals surface area contributed by atoms with Crippen LogP contribution in [-0.2, 0) is 11.3 Å². The highest BCUT2D eigenvalue weighted by atomic mass is 32.1. The minimum atomic E-state index is -0.480. The summed E-state index contributed by atoms with van der Waals surface area (Å²) in [6.07, 6.45) is 0. The first kappa shape index (κ1) is 16.7. The van der Waals surface area contributed by atoms with Gasteiger partial charge in [0.15, 0.2) is 0 Å². The minimum absolute atomic E-state index is 0.126. The number of ether oxygens (including phenoxy) is 1. The summed E-state index contributed by atoms with van der Waals surface area (Å²) in [6.45, 7) is 2.34. The van der Waals surface area contributed by atoms with Gasteiger partial charge in [-0.3, -0.25) is 14.2 Å². The van der Waals surface area contributed by atoms with E-state index < -0.39 is 5.69 Å². The lowest BCUT2D eigenvalue weighted by molar-refractivity contribution is 0.0303. The summed E-state index contributed by atoms with van der Waals surface area (Å²) < 4.78 is 6.44. The van der Waals surface area contributed by atoms with Crippen LogP contribution in [0.4, 0.5) is 0 Å². The van der Waals surface area contributed by atoms with Gasteiger partial charge in [-0.25, -0.2) is 4.79 Å². The molecule has 134 valence electrons. The normalized spacial score (nSPS) is 14.7. The molecule has 2 aromatic heterocycles. The van der Waals surface area contributed by atoms with Crippen molar-refractivity contribution in [3.63, 3.8) is 0 Å². The summed E-state index contributed by atoms with van der Waals surface area (Å²) in [5, 5.41) is 2.29. The topological polar surface area (TPSA) is 84.4 Å². The van der Waals surface area contributed by atoms with Gasteiger partial charge in [-0.15, -0.1) is 11.3 Å². The first-order valence-corrected chi connectivity index (χ1v) is 9.18. The van der Waals surface area contributed by atoms with E-state index in [4.69, 9.17) is 4.74 Å². The maximum absolute atomic E-state index is 12.7. The lowest BCUT2D eigenvalue weighted by atomic mass is 10.1. The van der Waals surface area contributed by atoms with Crippen LogP contribution < -0.4 is 11.2 Å². The molecule has 1 saturated heterocycles. The van der Waals surface area contributed by atoms with Crippen molar-refractivity contribution in [1.29, 1.82) is 0 Å². The van der Waals surface area contributed by atoms with Crippen LogP contribution in [0.15, 0.2) is 45.3 Å². The fraction of sp³-hybridized carbons (Fsp3) is 0.278. The van der Waals surface area contributed by atoms with Gasteiger partial charge in [-0.05, 0) is 29.6 Å². The second-order valence-corrected chi connectivity index (χ2v) is 7.10. The number of rotatable bonds is 3. The fourth-order valence-corrected chi connectivity index (χ4v) is 3.73. The number of nitrogens with zero attached hydrogens (tertiary/aromatic N) is 2. The predicted octanol–water partition coefficient (Wildman–Crippen LogP) is 1.27. The molecule has 0 saturated carbocycles. The predicted molar refractivity (Wildman–Crippen MR) is 99.0 cm³/mol. The number of benzene rings is 1. The number of fused-ring (bicyclic) bond motifs is 1. The van der Waals surface area contributed by atoms with Gasteiger partial charge in [0.05, 0.1) is 30.7 Å². The third kappa shape index (κ3) is 3.09.